The Morgan fingerprint density at radius 3 is 2.55 bits per heavy atom. The SMILES string of the molecule is COc1cnc(-n2cnc(C(=O)O)n2)c2[nH]cc(C(=O)C(O)N3CCC(=C(C#N)c4ccccc4)CC3)c12. The van der Waals surface area contributed by atoms with Crippen molar-refractivity contribution in [2.24, 2.45) is 0 Å². The average Bonchev–Trinajstić information content (AvgIpc) is 3.62. The van der Waals surface area contributed by atoms with E-state index in [1.165, 1.54) is 30.5 Å². The van der Waals surface area contributed by atoms with Crippen LogP contribution in [0.3, 0.4) is 0 Å². The number of hydrogen-bond donors (Lipinski definition) is 3. The Bertz CT molecular complexity index is 1590. The summed E-state index contributed by atoms with van der Waals surface area (Å²) in [5.41, 5.74) is 3.04. The highest BCUT2D eigenvalue weighted by Gasteiger charge is 2.31. The first kappa shape index (κ1) is 24.8. The monoisotopic (exact) mass is 513 g/mol. The van der Waals surface area contributed by atoms with Crippen molar-refractivity contribution in [3.63, 3.8) is 0 Å². The predicted molar refractivity (Wildman–Crippen MR) is 135 cm³/mol. The highest BCUT2D eigenvalue weighted by Crippen LogP contribution is 2.33. The summed E-state index contributed by atoms with van der Waals surface area (Å²) < 4.78 is 6.61. The molecule has 1 unspecified atom stereocenters. The largest absolute Gasteiger partial charge is 0.494 e. The first-order valence-corrected chi connectivity index (χ1v) is 11.8. The van der Waals surface area contributed by atoms with Gasteiger partial charge < -0.3 is 19.9 Å². The fraction of sp³-hybridized carbons (Fsp3) is 0.231. The minimum absolute atomic E-state index is 0.190. The van der Waals surface area contributed by atoms with Crippen LogP contribution in [-0.2, 0) is 0 Å². The molecule has 1 saturated heterocycles. The number of piperidine rings is 1. The minimum Gasteiger partial charge on any atom is -0.494 e. The van der Waals surface area contributed by atoms with Gasteiger partial charge in [0.1, 0.15) is 12.1 Å². The molecule has 5 rings (SSSR count). The Labute approximate surface area is 216 Å². The molecule has 0 amide bonds. The smallest absolute Gasteiger partial charge is 0.375 e. The van der Waals surface area contributed by atoms with Crippen LogP contribution in [0, 0.1) is 11.3 Å². The summed E-state index contributed by atoms with van der Waals surface area (Å²) in [5, 5.41) is 34.2. The van der Waals surface area contributed by atoms with E-state index in [1.807, 2.05) is 30.3 Å². The number of nitriles is 1. The molecular weight excluding hydrogens is 490 g/mol. The third kappa shape index (κ3) is 4.40. The maximum absolute atomic E-state index is 13.5. The number of aliphatic hydroxyl groups is 1. The Kier molecular flexibility index (Phi) is 6.69. The molecule has 1 aliphatic heterocycles. The number of pyridine rings is 1. The van der Waals surface area contributed by atoms with E-state index in [0.717, 1.165) is 11.1 Å². The summed E-state index contributed by atoms with van der Waals surface area (Å²) in [5.74, 6) is -1.72. The van der Waals surface area contributed by atoms with Crippen LogP contribution in [0.4, 0.5) is 0 Å². The number of carbonyl (C=O) groups excluding carboxylic acids is 1. The van der Waals surface area contributed by atoms with Gasteiger partial charge in [-0.15, -0.1) is 5.10 Å². The molecule has 1 aromatic carbocycles. The summed E-state index contributed by atoms with van der Waals surface area (Å²) in [6.07, 6.45) is 3.74. The molecular formula is C26H23N7O5. The molecule has 0 bridgehead atoms. The van der Waals surface area contributed by atoms with Gasteiger partial charge in [-0.1, -0.05) is 30.3 Å². The van der Waals surface area contributed by atoms with Crippen molar-refractivity contribution in [1.29, 1.82) is 5.26 Å². The number of aliphatic hydroxyl groups excluding tert-OH is 1. The van der Waals surface area contributed by atoms with Crippen molar-refractivity contribution in [2.75, 3.05) is 20.2 Å². The number of Topliss-reactive ketones (excluding diaryl/α,β-unsaturated/α-hetero) is 1. The van der Waals surface area contributed by atoms with Gasteiger partial charge in [0.15, 0.2) is 12.0 Å². The van der Waals surface area contributed by atoms with Crippen LogP contribution in [0.25, 0.3) is 22.3 Å². The van der Waals surface area contributed by atoms with Crippen molar-refractivity contribution < 1.29 is 24.5 Å². The van der Waals surface area contributed by atoms with E-state index in [4.69, 9.17) is 9.84 Å². The van der Waals surface area contributed by atoms with Crippen LogP contribution in [0.5, 0.6) is 5.75 Å². The van der Waals surface area contributed by atoms with Crippen LogP contribution < -0.4 is 4.74 Å². The fourth-order valence-corrected chi connectivity index (χ4v) is 4.64. The minimum atomic E-state index is -1.41. The molecule has 4 aromatic rings. The normalized spacial score (nSPS) is 14.7. The summed E-state index contributed by atoms with van der Waals surface area (Å²) in [6, 6.07) is 11.8. The molecule has 1 fully saturated rings. The number of fused-ring (bicyclic) bond motifs is 1. The van der Waals surface area contributed by atoms with Gasteiger partial charge in [0.2, 0.25) is 5.78 Å². The number of hydrogen-bond acceptors (Lipinski definition) is 9. The number of aromatic nitrogens is 5. The van der Waals surface area contributed by atoms with Crippen LogP contribution in [-0.4, -0.2) is 78.0 Å². The number of carboxylic acids is 1. The van der Waals surface area contributed by atoms with Crippen LogP contribution in [0.15, 0.2) is 54.6 Å². The van der Waals surface area contributed by atoms with Gasteiger partial charge in [-0.3, -0.25) is 9.69 Å². The molecule has 0 spiro atoms. The number of aromatic amines is 1. The Balaban J connectivity index is 1.41. The zero-order valence-electron chi connectivity index (χ0n) is 20.3. The number of methoxy groups -OCH3 is 1. The number of ether oxygens (including phenoxy) is 1. The van der Waals surface area contributed by atoms with Gasteiger partial charge in [-0.25, -0.2) is 14.8 Å². The number of aromatic carboxylic acids is 1. The molecule has 3 N–H and O–H groups in total. The summed E-state index contributed by atoms with van der Waals surface area (Å²) in [6.45, 7) is 0.812. The molecule has 1 atom stereocenters. The third-order valence-corrected chi connectivity index (χ3v) is 6.55. The molecule has 4 heterocycles. The molecule has 192 valence electrons. The molecule has 12 nitrogen and oxygen atoms in total. The highest BCUT2D eigenvalue weighted by atomic mass is 16.5. The number of nitrogens with zero attached hydrogens (tertiary/aromatic N) is 6. The maximum Gasteiger partial charge on any atom is 0.375 e. The number of nitrogens with one attached hydrogen (secondary N) is 1. The van der Waals surface area contributed by atoms with E-state index in [2.05, 4.69) is 26.1 Å². The van der Waals surface area contributed by atoms with E-state index in [1.54, 1.807) is 4.90 Å². The predicted octanol–water partition coefficient (Wildman–Crippen LogP) is 2.42. The number of carbonyl (C=O) groups is 2. The number of carboxylic acid groups (broad SMARTS) is 1. The molecule has 1 aliphatic rings. The van der Waals surface area contributed by atoms with Gasteiger partial charge in [0.05, 0.1) is 41.4 Å². The molecule has 12 heteroatoms. The molecule has 0 radical (unpaired) electrons. The van der Waals surface area contributed by atoms with Gasteiger partial charge in [-0.2, -0.15) is 9.94 Å². The fourth-order valence-electron chi connectivity index (χ4n) is 4.64. The summed E-state index contributed by atoms with van der Waals surface area (Å²) in [4.78, 5) is 37.3. The maximum atomic E-state index is 13.5. The lowest BCUT2D eigenvalue weighted by Crippen LogP contribution is -2.44. The van der Waals surface area contributed by atoms with Crippen molar-refractivity contribution in [1.82, 2.24) is 29.6 Å². The van der Waals surface area contributed by atoms with Gasteiger partial charge in [0.25, 0.3) is 5.82 Å². The molecule has 0 aliphatic carbocycles. The number of H-pyrrole nitrogens is 1. The lowest BCUT2D eigenvalue weighted by molar-refractivity contribution is 0.00750. The second kappa shape index (κ2) is 10.3. The second-order valence-electron chi connectivity index (χ2n) is 8.65. The van der Waals surface area contributed by atoms with Crippen molar-refractivity contribution in [3.8, 4) is 17.6 Å². The van der Waals surface area contributed by atoms with Crippen molar-refractivity contribution in [2.45, 2.75) is 19.1 Å². The van der Waals surface area contributed by atoms with Crippen molar-refractivity contribution in [3.05, 3.63) is 71.6 Å². The Hall–Kier alpha value is -4.86. The highest BCUT2D eigenvalue weighted by molar-refractivity contribution is 6.12. The van der Waals surface area contributed by atoms with Gasteiger partial charge >= 0.3 is 5.97 Å². The first-order chi connectivity index (χ1) is 18.4. The average molecular weight is 514 g/mol. The first-order valence-electron chi connectivity index (χ1n) is 11.8. The Morgan fingerprint density at radius 2 is 1.92 bits per heavy atom. The van der Waals surface area contributed by atoms with Crippen LogP contribution >= 0.6 is 0 Å². The zero-order chi connectivity index (χ0) is 26.8. The number of ketones is 1. The molecule has 0 saturated carbocycles. The third-order valence-electron chi connectivity index (χ3n) is 6.55. The lowest BCUT2D eigenvalue weighted by Gasteiger charge is -2.32. The van der Waals surface area contributed by atoms with Gasteiger partial charge in [0, 0.05) is 19.3 Å². The van der Waals surface area contributed by atoms with E-state index in [0.29, 0.717) is 48.2 Å². The summed E-state index contributed by atoms with van der Waals surface area (Å²) in [7, 11) is 1.43. The molecule has 3 aromatic heterocycles. The van der Waals surface area contributed by atoms with Gasteiger partial charge in [-0.05, 0) is 24.0 Å². The Morgan fingerprint density at radius 1 is 1.18 bits per heavy atom. The standard InChI is InChI=1S/C26H23N7O5/c1-38-19-13-29-24(33-14-30-23(31-33)26(36)37)21-20(19)18(12-28-21)22(34)25(35)32-9-7-16(8-10-32)17(11-27)15-5-3-2-4-6-15/h2-6,12-14,25,28,35H,7-10H2,1H3,(H,36,37). The van der Waals surface area contributed by atoms with E-state index >= 15 is 0 Å². The lowest BCUT2D eigenvalue weighted by atomic mass is 9.93. The van der Waals surface area contributed by atoms with Crippen molar-refractivity contribution >= 4 is 28.2 Å². The zero-order valence-corrected chi connectivity index (χ0v) is 20.3. The van der Waals surface area contributed by atoms with Crippen LogP contribution in [0.1, 0.15) is 39.4 Å². The number of rotatable bonds is 7. The quantitative estimate of drug-likeness (QED) is 0.246. The number of allylic oxidation sites excluding steroid dienone is 1. The molecule has 38 heavy (non-hydrogen) atoms. The number of likely N-dealkylation sites (tertiary alicyclic amines) is 1. The topological polar surface area (TPSA) is 170 Å². The number of benzene rings is 1. The van der Waals surface area contributed by atoms with E-state index in [-0.39, 0.29) is 11.4 Å². The van der Waals surface area contributed by atoms with E-state index in [9.17, 15) is 20.0 Å². The van der Waals surface area contributed by atoms with E-state index < -0.39 is 23.8 Å². The summed E-state index contributed by atoms with van der Waals surface area (Å²) >= 11 is 0. The second-order valence-corrected chi connectivity index (χ2v) is 8.65. The van der Waals surface area contributed by atoms with Crippen LogP contribution in [0.2, 0.25) is 0 Å².